The zero-order chi connectivity index (χ0) is 23.5. The van der Waals surface area contributed by atoms with Crippen molar-refractivity contribution >= 4 is 5.91 Å². The minimum Gasteiger partial charge on any atom is -0.507 e. The monoisotopic (exact) mass is 436 g/mol. The van der Waals surface area contributed by atoms with Crippen LogP contribution in [0.15, 0.2) is 41.2 Å². The van der Waals surface area contributed by atoms with Crippen LogP contribution in [0.2, 0.25) is 0 Å². The van der Waals surface area contributed by atoms with Gasteiger partial charge in [0.15, 0.2) is 0 Å². The lowest BCUT2D eigenvalue weighted by atomic mass is 9.78. The van der Waals surface area contributed by atoms with E-state index in [1.165, 1.54) is 0 Å². The zero-order valence-electron chi connectivity index (χ0n) is 19.7. The molecule has 0 saturated heterocycles. The smallest absolute Gasteiger partial charge is 0.246 e. The molecule has 7 heteroatoms. The minimum absolute atomic E-state index is 0.101. The van der Waals surface area contributed by atoms with E-state index in [-0.39, 0.29) is 23.3 Å². The van der Waals surface area contributed by atoms with Crippen LogP contribution >= 0.6 is 0 Å². The Balaban J connectivity index is 1.64. The Labute approximate surface area is 189 Å². The number of carbonyl (C=O) groups is 1. The maximum Gasteiger partial charge on any atom is 0.246 e. The summed E-state index contributed by atoms with van der Waals surface area (Å²) in [5, 5.41) is 17.6. The molecule has 0 saturated carbocycles. The van der Waals surface area contributed by atoms with Crippen molar-refractivity contribution in [2.45, 2.75) is 71.8 Å². The van der Waals surface area contributed by atoms with Crippen LogP contribution in [0.5, 0.6) is 5.75 Å². The molecule has 0 unspecified atom stereocenters. The Kier molecular flexibility index (Phi) is 6.67. The molecule has 2 N–H and O–H groups in total. The number of nitrogens with zero attached hydrogens (tertiary/aromatic N) is 3. The summed E-state index contributed by atoms with van der Waals surface area (Å²) in [7, 11) is 0. The van der Waals surface area contributed by atoms with E-state index in [2.05, 4.69) is 62.0 Å². The Morgan fingerprint density at radius 3 is 2.19 bits per heavy atom. The second kappa shape index (κ2) is 9.10. The van der Waals surface area contributed by atoms with Crippen LogP contribution in [0.3, 0.4) is 0 Å². The first-order chi connectivity index (χ1) is 14.9. The Hall–Kier alpha value is -3.22. The molecule has 0 aliphatic heterocycles. The van der Waals surface area contributed by atoms with Gasteiger partial charge in [-0.05, 0) is 46.1 Å². The fourth-order valence-electron chi connectivity index (χ4n) is 3.45. The fraction of sp³-hybridized carbons (Fsp3) is 0.440. The molecule has 2 aromatic heterocycles. The van der Waals surface area contributed by atoms with Gasteiger partial charge in [0.1, 0.15) is 5.75 Å². The van der Waals surface area contributed by atoms with E-state index in [4.69, 9.17) is 4.52 Å². The number of pyridine rings is 1. The van der Waals surface area contributed by atoms with Crippen molar-refractivity contribution in [3.63, 3.8) is 0 Å². The normalized spacial score (nSPS) is 12.1. The molecular weight excluding hydrogens is 404 g/mol. The number of carbonyl (C=O) groups excluding carboxylic acids is 1. The van der Waals surface area contributed by atoms with E-state index in [1.807, 2.05) is 12.1 Å². The molecule has 0 radical (unpaired) electrons. The summed E-state index contributed by atoms with van der Waals surface area (Å²) in [6.45, 7) is 12.6. The molecule has 0 aliphatic rings. The van der Waals surface area contributed by atoms with Gasteiger partial charge in [-0.1, -0.05) is 58.8 Å². The van der Waals surface area contributed by atoms with Crippen LogP contribution in [0, 0.1) is 0 Å². The molecule has 0 fully saturated rings. The number of phenols is 1. The summed E-state index contributed by atoms with van der Waals surface area (Å²) in [4.78, 5) is 20.7. The number of phenolic OH excluding ortho intramolecular Hbond substituents is 1. The fourth-order valence-corrected chi connectivity index (χ4v) is 3.45. The van der Waals surface area contributed by atoms with Crippen molar-refractivity contribution in [2.24, 2.45) is 0 Å². The van der Waals surface area contributed by atoms with E-state index in [1.54, 1.807) is 24.5 Å². The lowest BCUT2D eigenvalue weighted by Crippen LogP contribution is -2.23. The molecule has 0 atom stereocenters. The van der Waals surface area contributed by atoms with E-state index in [0.29, 0.717) is 30.3 Å². The van der Waals surface area contributed by atoms with E-state index in [9.17, 15) is 9.90 Å². The standard InChI is InChI=1S/C25H32N4O3/c1-24(2,3)18-13-16(14-19(22(18)31)25(4,5)6)7-8-20(30)27-15-21-28-23(29-32-21)17-9-11-26-12-10-17/h9-14,31H,7-8,15H2,1-6H3,(H,27,30). The number of hydrogen-bond acceptors (Lipinski definition) is 6. The van der Waals surface area contributed by atoms with Gasteiger partial charge < -0.3 is 14.9 Å². The first-order valence-electron chi connectivity index (χ1n) is 10.8. The minimum atomic E-state index is -0.202. The molecular formula is C25H32N4O3. The highest BCUT2D eigenvalue weighted by molar-refractivity contribution is 5.76. The van der Waals surface area contributed by atoms with Crippen molar-refractivity contribution < 1.29 is 14.4 Å². The highest BCUT2D eigenvalue weighted by Gasteiger charge is 2.26. The van der Waals surface area contributed by atoms with E-state index >= 15 is 0 Å². The number of nitrogens with one attached hydrogen (secondary N) is 1. The number of benzene rings is 1. The number of aromatic hydroxyl groups is 1. The molecule has 3 aromatic rings. The Bertz CT molecular complexity index is 1040. The van der Waals surface area contributed by atoms with Gasteiger partial charge in [0.2, 0.25) is 17.6 Å². The third-order valence-electron chi connectivity index (χ3n) is 5.27. The van der Waals surface area contributed by atoms with Gasteiger partial charge in [0.05, 0.1) is 6.54 Å². The molecule has 1 amide bonds. The van der Waals surface area contributed by atoms with Crippen LogP contribution in [0.4, 0.5) is 0 Å². The number of amides is 1. The average molecular weight is 437 g/mol. The summed E-state index contributed by atoms with van der Waals surface area (Å²) >= 11 is 0. The van der Waals surface area contributed by atoms with Gasteiger partial charge in [0, 0.05) is 24.4 Å². The summed E-state index contributed by atoms with van der Waals surface area (Å²) in [5.41, 5.74) is 3.23. The summed E-state index contributed by atoms with van der Waals surface area (Å²) in [6, 6.07) is 7.61. The maximum absolute atomic E-state index is 12.4. The van der Waals surface area contributed by atoms with Crippen molar-refractivity contribution in [2.75, 3.05) is 0 Å². The molecule has 0 spiro atoms. The topological polar surface area (TPSA) is 101 Å². The molecule has 32 heavy (non-hydrogen) atoms. The number of aromatic nitrogens is 3. The highest BCUT2D eigenvalue weighted by atomic mass is 16.5. The zero-order valence-corrected chi connectivity index (χ0v) is 19.7. The molecule has 1 aromatic carbocycles. The van der Waals surface area contributed by atoms with Crippen LogP contribution in [-0.4, -0.2) is 26.1 Å². The second-order valence-corrected chi connectivity index (χ2v) is 10.1. The summed E-state index contributed by atoms with van der Waals surface area (Å²) in [6.07, 6.45) is 4.22. The summed E-state index contributed by atoms with van der Waals surface area (Å²) < 4.78 is 5.23. The van der Waals surface area contributed by atoms with E-state index < -0.39 is 0 Å². The van der Waals surface area contributed by atoms with Gasteiger partial charge in [-0.2, -0.15) is 4.98 Å². The predicted molar refractivity (Wildman–Crippen MR) is 123 cm³/mol. The van der Waals surface area contributed by atoms with Gasteiger partial charge in [-0.25, -0.2) is 0 Å². The lowest BCUT2D eigenvalue weighted by molar-refractivity contribution is -0.121. The quantitative estimate of drug-likeness (QED) is 0.582. The molecule has 0 bridgehead atoms. The van der Waals surface area contributed by atoms with Crippen LogP contribution in [0.1, 0.15) is 70.5 Å². The largest absolute Gasteiger partial charge is 0.507 e. The van der Waals surface area contributed by atoms with Crippen molar-refractivity contribution in [1.29, 1.82) is 0 Å². The highest BCUT2D eigenvalue weighted by Crippen LogP contribution is 2.40. The number of hydrogen-bond donors (Lipinski definition) is 2. The molecule has 3 rings (SSSR count). The van der Waals surface area contributed by atoms with Crippen LogP contribution < -0.4 is 5.32 Å². The van der Waals surface area contributed by atoms with Crippen molar-refractivity contribution in [1.82, 2.24) is 20.4 Å². The van der Waals surface area contributed by atoms with Crippen LogP contribution in [-0.2, 0) is 28.6 Å². The first kappa shape index (κ1) is 23.4. The van der Waals surface area contributed by atoms with Gasteiger partial charge in [-0.3, -0.25) is 9.78 Å². The molecule has 170 valence electrons. The van der Waals surface area contributed by atoms with Gasteiger partial charge >= 0.3 is 0 Å². The molecule has 0 aliphatic carbocycles. The molecule has 2 heterocycles. The SMILES string of the molecule is CC(C)(C)c1cc(CCC(=O)NCc2nc(-c3ccncc3)no2)cc(C(C)(C)C)c1O. The second-order valence-electron chi connectivity index (χ2n) is 10.1. The van der Waals surface area contributed by atoms with Crippen molar-refractivity contribution in [3.05, 3.63) is 59.2 Å². The third kappa shape index (κ3) is 5.72. The van der Waals surface area contributed by atoms with Crippen molar-refractivity contribution in [3.8, 4) is 17.1 Å². The Morgan fingerprint density at radius 2 is 1.62 bits per heavy atom. The van der Waals surface area contributed by atoms with E-state index in [0.717, 1.165) is 22.3 Å². The van der Waals surface area contributed by atoms with Gasteiger partial charge in [-0.15, -0.1) is 0 Å². The number of rotatable bonds is 6. The third-order valence-corrected chi connectivity index (χ3v) is 5.27. The number of aryl methyl sites for hydroxylation is 1. The predicted octanol–water partition coefficient (Wildman–Crippen LogP) is 4.68. The Morgan fingerprint density at radius 1 is 1.03 bits per heavy atom. The van der Waals surface area contributed by atoms with Gasteiger partial charge in [0.25, 0.3) is 0 Å². The lowest BCUT2D eigenvalue weighted by Gasteiger charge is -2.28. The maximum atomic E-state index is 12.4. The first-order valence-corrected chi connectivity index (χ1v) is 10.8. The molecule has 7 nitrogen and oxygen atoms in total. The van der Waals surface area contributed by atoms with Crippen LogP contribution in [0.25, 0.3) is 11.4 Å². The summed E-state index contributed by atoms with van der Waals surface area (Å²) in [5.74, 6) is 1.06. The average Bonchev–Trinajstić information content (AvgIpc) is 3.19.